The topological polar surface area (TPSA) is 64.6 Å². The lowest BCUT2D eigenvalue weighted by molar-refractivity contribution is -0.467. The molecule has 2 aliphatic rings. The molecule has 2 heterocycles. The Hall–Kier alpha value is -2.52. The Balaban J connectivity index is 1.37. The van der Waals surface area contributed by atoms with Crippen LogP contribution in [-0.2, 0) is 29.0 Å². The molecule has 0 aliphatic carbocycles. The van der Waals surface area contributed by atoms with Crippen LogP contribution in [0.15, 0.2) is 61.7 Å². The predicted molar refractivity (Wildman–Crippen MR) is 123 cm³/mol. The maximum atomic E-state index is 6.04. The Kier molecular flexibility index (Phi) is 6.72. The zero-order chi connectivity index (χ0) is 23.6. The quantitative estimate of drug-likeness (QED) is 0.521. The van der Waals surface area contributed by atoms with Gasteiger partial charge < -0.3 is 14.2 Å². The van der Waals surface area contributed by atoms with Crippen LogP contribution in [0.25, 0.3) is 11.1 Å². The zero-order valence-corrected chi connectivity index (χ0v) is 19.5. The molecule has 4 rings (SSSR count). The van der Waals surface area contributed by atoms with Crippen molar-refractivity contribution < 1.29 is 33.8 Å². The van der Waals surface area contributed by atoms with E-state index in [9.17, 15) is 0 Å². The standard InChI is InChI=1S/C26H30O7/c1-17(23-15-27-25(3,4)32-30-23)19-10-12-21(13-11-19)29-22-9-7-8-20(14-22)18(2)24-16-28-26(5,6)33-31-24/h7-14,23-24H,1-2,15-16H2,3-6H3. The molecule has 2 saturated heterocycles. The summed E-state index contributed by atoms with van der Waals surface area (Å²) in [6, 6.07) is 15.3. The van der Waals surface area contributed by atoms with Crippen LogP contribution < -0.4 is 4.74 Å². The molecule has 2 fully saturated rings. The van der Waals surface area contributed by atoms with Crippen molar-refractivity contribution in [1.82, 2.24) is 0 Å². The van der Waals surface area contributed by atoms with Crippen LogP contribution in [0.4, 0.5) is 0 Å². The van der Waals surface area contributed by atoms with Crippen molar-refractivity contribution in [3.05, 3.63) is 72.8 Å². The molecule has 2 unspecified atom stereocenters. The first-order chi connectivity index (χ1) is 15.6. The van der Waals surface area contributed by atoms with E-state index in [-0.39, 0.29) is 12.2 Å². The highest BCUT2D eigenvalue weighted by atomic mass is 17.2. The first-order valence-corrected chi connectivity index (χ1v) is 10.9. The zero-order valence-electron chi connectivity index (χ0n) is 19.5. The molecule has 2 aliphatic heterocycles. The summed E-state index contributed by atoms with van der Waals surface area (Å²) in [6.07, 6.45) is -0.757. The van der Waals surface area contributed by atoms with E-state index in [1.54, 1.807) is 27.7 Å². The van der Waals surface area contributed by atoms with Crippen LogP contribution in [0.1, 0.15) is 38.8 Å². The van der Waals surface area contributed by atoms with Gasteiger partial charge in [0.05, 0.1) is 13.2 Å². The molecule has 33 heavy (non-hydrogen) atoms. The molecule has 0 saturated carbocycles. The second-order valence-corrected chi connectivity index (χ2v) is 8.96. The third-order valence-electron chi connectivity index (χ3n) is 5.34. The van der Waals surface area contributed by atoms with Crippen LogP contribution in [0.3, 0.4) is 0 Å². The Morgan fingerprint density at radius 2 is 1.30 bits per heavy atom. The maximum absolute atomic E-state index is 6.04. The van der Waals surface area contributed by atoms with Gasteiger partial charge >= 0.3 is 0 Å². The number of ether oxygens (including phenoxy) is 3. The average molecular weight is 455 g/mol. The fourth-order valence-corrected chi connectivity index (χ4v) is 3.33. The van der Waals surface area contributed by atoms with Gasteiger partial charge in [0.25, 0.3) is 0 Å². The summed E-state index contributed by atoms with van der Waals surface area (Å²) in [5.74, 6) is -0.153. The predicted octanol–water partition coefficient (Wildman–Crippen LogP) is 5.67. The van der Waals surface area contributed by atoms with E-state index in [0.29, 0.717) is 24.7 Å². The molecule has 0 radical (unpaired) electrons. The van der Waals surface area contributed by atoms with Crippen molar-refractivity contribution >= 4 is 11.1 Å². The van der Waals surface area contributed by atoms with Crippen LogP contribution in [-0.4, -0.2) is 37.0 Å². The molecule has 176 valence electrons. The molecule has 0 bridgehead atoms. The Morgan fingerprint density at radius 1 is 0.758 bits per heavy atom. The summed E-state index contributed by atoms with van der Waals surface area (Å²) in [5.41, 5.74) is 3.32. The van der Waals surface area contributed by atoms with E-state index in [2.05, 4.69) is 13.2 Å². The minimum absolute atomic E-state index is 0.362. The number of benzene rings is 2. The van der Waals surface area contributed by atoms with Crippen LogP contribution in [0, 0.1) is 0 Å². The van der Waals surface area contributed by atoms with E-state index in [4.69, 9.17) is 33.8 Å². The van der Waals surface area contributed by atoms with E-state index in [0.717, 1.165) is 22.3 Å². The average Bonchev–Trinajstić information content (AvgIpc) is 2.79. The summed E-state index contributed by atoms with van der Waals surface area (Å²) < 4.78 is 17.3. The van der Waals surface area contributed by atoms with E-state index in [1.165, 1.54) is 0 Å². The molecule has 0 N–H and O–H groups in total. The SMILES string of the molecule is C=C(c1ccc(Oc2cccc(C(=C)C3COC(C)(C)OO3)c2)cc1)C1COC(C)(C)OO1. The Labute approximate surface area is 194 Å². The highest BCUT2D eigenvalue weighted by molar-refractivity contribution is 5.69. The van der Waals surface area contributed by atoms with Gasteiger partial charge in [0.15, 0.2) is 11.6 Å². The second kappa shape index (κ2) is 9.38. The van der Waals surface area contributed by atoms with Crippen LogP contribution >= 0.6 is 0 Å². The van der Waals surface area contributed by atoms with E-state index in [1.807, 2.05) is 48.5 Å². The van der Waals surface area contributed by atoms with Gasteiger partial charge in [-0.1, -0.05) is 37.4 Å². The minimum Gasteiger partial charge on any atom is -0.457 e. The van der Waals surface area contributed by atoms with Crippen LogP contribution in [0.2, 0.25) is 0 Å². The third kappa shape index (κ3) is 5.89. The fourth-order valence-electron chi connectivity index (χ4n) is 3.33. The van der Waals surface area contributed by atoms with E-state index < -0.39 is 11.6 Å². The highest BCUT2D eigenvalue weighted by Crippen LogP contribution is 2.32. The van der Waals surface area contributed by atoms with Gasteiger partial charge in [0, 0.05) is 0 Å². The van der Waals surface area contributed by atoms with Gasteiger partial charge in [-0.05, 0) is 74.2 Å². The number of hydrogen-bond acceptors (Lipinski definition) is 7. The molecule has 0 spiro atoms. The van der Waals surface area contributed by atoms with Gasteiger partial charge in [-0.15, -0.1) is 0 Å². The molecule has 2 atom stereocenters. The molecular formula is C26H30O7. The van der Waals surface area contributed by atoms with Crippen molar-refractivity contribution in [3.63, 3.8) is 0 Å². The highest BCUT2D eigenvalue weighted by Gasteiger charge is 2.33. The lowest BCUT2D eigenvalue weighted by atomic mass is 10.0. The monoisotopic (exact) mass is 454 g/mol. The smallest absolute Gasteiger partial charge is 0.196 e. The van der Waals surface area contributed by atoms with Gasteiger partial charge in [-0.2, -0.15) is 0 Å². The number of rotatable bonds is 6. The molecule has 2 aromatic rings. The normalized spacial score (nSPS) is 24.1. The van der Waals surface area contributed by atoms with Gasteiger partial charge in [0.2, 0.25) is 0 Å². The largest absolute Gasteiger partial charge is 0.457 e. The fraction of sp³-hybridized carbons (Fsp3) is 0.385. The molecule has 0 amide bonds. The molecular weight excluding hydrogens is 424 g/mol. The lowest BCUT2D eigenvalue weighted by Crippen LogP contribution is -2.40. The van der Waals surface area contributed by atoms with Crippen molar-refractivity contribution in [2.45, 2.75) is 51.5 Å². The summed E-state index contributed by atoms with van der Waals surface area (Å²) in [7, 11) is 0. The molecule has 0 aromatic heterocycles. The lowest BCUT2D eigenvalue weighted by Gasteiger charge is -2.34. The summed E-state index contributed by atoms with van der Waals surface area (Å²) in [4.78, 5) is 21.5. The Morgan fingerprint density at radius 3 is 1.82 bits per heavy atom. The molecule has 7 nitrogen and oxygen atoms in total. The van der Waals surface area contributed by atoms with Gasteiger partial charge in [-0.3, -0.25) is 0 Å². The van der Waals surface area contributed by atoms with Crippen molar-refractivity contribution in [2.24, 2.45) is 0 Å². The summed E-state index contributed by atoms with van der Waals surface area (Å²) in [5, 5.41) is 0. The second-order valence-electron chi connectivity index (χ2n) is 8.96. The Bertz CT molecular complexity index is 990. The van der Waals surface area contributed by atoms with E-state index >= 15 is 0 Å². The molecule has 7 heteroatoms. The maximum Gasteiger partial charge on any atom is 0.196 e. The van der Waals surface area contributed by atoms with Crippen molar-refractivity contribution in [3.8, 4) is 11.5 Å². The summed E-state index contributed by atoms with van der Waals surface area (Å²) in [6.45, 7) is 16.2. The van der Waals surface area contributed by atoms with Crippen molar-refractivity contribution in [2.75, 3.05) is 13.2 Å². The van der Waals surface area contributed by atoms with Gasteiger partial charge in [-0.25, -0.2) is 19.6 Å². The third-order valence-corrected chi connectivity index (χ3v) is 5.34. The van der Waals surface area contributed by atoms with Crippen LogP contribution in [0.5, 0.6) is 11.5 Å². The van der Waals surface area contributed by atoms with Crippen molar-refractivity contribution in [1.29, 1.82) is 0 Å². The first kappa shape index (κ1) is 23.6. The van der Waals surface area contributed by atoms with Gasteiger partial charge in [0.1, 0.15) is 23.7 Å². The number of hydrogen-bond donors (Lipinski definition) is 0. The summed E-state index contributed by atoms with van der Waals surface area (Å²) >= 11 is 0. The minimum atomic E-state index is -0.765. The first-order valence-electron chi connectivity index (χ1n) is 10.9. The molecule has 2 aromatic carbocycles.